The van der Waals surface area contributed by atoms with Gasteiger partial charge in [0.15, 0.2) is 6.29 Å². The summed E-state index contributed by atoms with van der Waals surface area (Å²) in [5.41, 5.74) is 1.33. The third kappa shape index (κ3) is 3.17. The van der Waals surface area contributed by atoms with Crippen LogP contribution in [0, 0.1) is 5.82 Å². The highest BCUT2D eigenvalue weighted by Crippen LogP contribution is 2.28. The highest BCUT2D eigenvalue weighted by molar-refractivity contribution is 7.85. The summed E-state index contributed by atoms with van der Waals surface area (Å²) < 4.78 is 42.2. The van der Waals surface area contributed by atoms with Gasteiger partial charge in [-0.05, 0) is 18.2 Å². The molecule has 6 nitrogen and oxygen atoms in total. The number of hydrogen-bond acceptors (Lipinski definition) is 5. The molecule has 0 bridgehead atoms. The topological polar surface area (TPSA) is 78.3 Å². The van der Waals surface area contributed by atoms with Gasteiger partial charge in [-0.25, -0.2) is 4.39 Å². The molecular formula is C13H13FN2O4S. The van der Waals surface area contributed by atoms with E-state index in [0.29, 0.717) is 23.1 Å². The van der Waals surface area contributed by atoms with Gasteiger partial charge < -0.3 is 0 Å². The Hall–Kier alpha value is -2.06. The second-order valence-electron chi connectivity index (χ2n) is 4.36. The van der Waals surface area contributed by atoms with Gasteiger partial charge in [0, 0.05) is 23.7 Å². The molecule has 0 saturated heterocycles. The standard InChI is InChI=1S/C13H13FN2O4S/c1-16-13(10(6-15-16)8-21(18,19)20-2)12-4-3-11(14)5-9(12)7-17/h3-7H,8H2,1-2H3. The van der Waals surface area contributed by atoms with E-state index in [1.807, 2.05) is 0 Å². The van der Waals surface area contributed by atoms with E-state index in [1.165, 1.54) is 23.0 Å². The molecule has 0 unspecified atom stereocenters. The van der Waals surface area contributed by atoms with Gasteiger partial charge in [-0.1, -0.05) is 0 Å². The number of carbonyl (C=O) groups is 1. The summed E-state index contributed by atoms with van der Waals surface area (Å²) in [5, 5.41) is 4.00. The van der Waals surface area contributed by atoms with E-state index in [-0.39, 0.29) is 11.3 Å². The number of nitrogens with zero attached hydrogens (tertiary/aromatic N) is 2. The van der Waals surface area contributed by atoms with Crippen molar-refractivity contribution in [2.45, 2.75) is 5.75 Å². The quantitative estimate of drug-likeness (QED) is 0.618. The van der Waals surface area contributed by atoms with Gasteiger partial charge in [0.05, 0.1) is 19.0 Å². The summed E-state index contributed by atoms with van der Waals surface area (Å²) in [6.07, 6.45) is 1.89. The van der Waals surface area contributed by atoms with Crippen molar-refractivity contribution in [3.05, 3.63) is 41.3 Å². The van der Waals surface area contributed by atoms with Gasteiger partial charge in [0.1, 0.15) is 11.6 Å². The minimum Gasteiger partial charge on any atom is -0.298 e. The highest BCUT2D eigenvalue weighted by atomic mass is 32.2. The molecule has 0 amide bonds. The minimum atomic E-state index is -3.73. The van der Waals surface area contributed by atoms with E-state index in [9.17, 15) is 17.6 Å². The summed E-state index contributed by atoms with van der Waals surface area (Å²) in [6.45, 7) is 0. The second-order valence-corrected chi connectivity index (χ2v) is 6.10. The molecule has 8 heteroatoms. The van der Waals surface area contributed by atoms with Gasteiger partial charge in [-0.15, -0.1) is 0 Å². The summed E-state index contributed by atoms with van der Waals surface area (Å²) >= 11 is 0. The van der Waals surface area contributed by atoms with Crippen molar-refractivity contribution in [3.63, 3.8) is 0 Å². The maximum Gasteiger partial charge on any atom is 0.271 e. The van der Waals surface area contributed by atoms with E-state index in [4.69, 9.17) is 0 Å². The van der Waals surface area contributed by atoms with Crippen molar-refractivity contribution in [2.75, 3.05) is 7.11 Å². The van der Waals surface area contributed by atoms with Gasteiger partial charge >= 0.3 is 0 Å². The minimum absolute atomic E-state index is 0.120. The molecule has 21 heavy (non-hydrogen) atoms. The van der Waals surface area contributed by atoms with Crippen LogP contribution in [0.5, 0.6) is 0 Å². The fourth-order valence-corrected chi connectivity index (χ4v) is 2.74. The third-order valence-corrected chi connectivity index (χ3v) is 4.17. The Morgan fingerprint density at radius 1 is 1.43 bits per heavy atom. The SMILES string of the molecule is COS(=O)(=O)Cc1cnn(C)c1-c1ccc(F)cc1C=O. The molecule has 112 valence electrons. The fourth-order valence-electron chi connectivity index (χ4n) is 2.03. The van der Waals surface area contributed by atoms with Crippen LogP contribution in [0.4, 0.5) is 4.39 Å². The van der Waals surface area contributed by atoms with Gasteiger partial charge in [-0.3, -0.25) is 13.7 Å². The summed E-state index contributed by atoms with van der Waals surface area (Å²) in [7, 11) is -1.06. The molecule has 0 spiro atoms. The van der Waals surface area contributed by atoms with Crippen LogP contribution in [0.25, 0.3) is 11.3 Å². The van der Waals surface area contributed by atoms with Crippen LogP contribution in [0.15, 0.2) is 24.4 Å². The van der Waals surface area contributed by atoms with Gasteiger partial charge in [-0.2, -0.15) is 13.5 Å². The average molecular weight is 312 g/mol. The van der Waals surface area contributed by atoms with Crippen molar-refractivity contribution < 1.29 is 21.8 Å². The van der Waals surface area contributed by atoms with Crippen molar-refractivity contribution in [3.8, 4) is 11.3 Å². The Morgan fingerprint density at radius 3 is 2.76 bits per heavy atom. The van der Waals surface area contributed by atoms with E-state index >= 15 is 0 Å². The molecule has 0 radical (unpaired) electrons. The van der Waals surface area contributed by atoms with Crippen molar-refractivity contribution in [2.24, 2.45) is 7.05 Å². The first-order valence-electron chi connectivity index (χ1n) is 5.92. The van der Waals surface area contributed by atoms with Crippen molar-refractivity contribution in [1.29, 1.82) is 0 Å². The van der Waals surface area contributed by atoms with E-state index in [2.05, 4.69) is 9.28 Å². The number of hydrogen-bond donors (Lipinski definition) is 0. The van der Waals surface area contributed by atoms with Gasteiger partial charge in [0.25, 0.3) is 10.1 Å². The molecule has 2 aromatic rings. The zero-order valence-corrected chi connectivity index (χ0v) is 12.2. The Balaban J connectivity index is 2.60. The number of rotatable bonds is 5. The molecule has 0 aliphatic rings. The first kappa shape index (κ1) is 15.3. The smallest absolute Gasteiger partial charge is 0.271 e. The lowest BCUT2D eigenvalue weighted by molar-refractivity contribution is 0.112. The Labute approximate surface area is 121 Å². The summed E-state index contributed by atoms with van der Waals surface area (Å²) in [5.74, 6) is -0.934. The molecule has 0 fully saturated rings. The molecule has 1 aromatic heterocycles. The first-order valence-corrected chi connectivity index (χ1v) is 7.50. The van der Waals surface area contributed by atoms with Crippen LogP contribution in [-0.2, 0) is 27.1 Å². The van der Waals surface area contributed by atoms with Crippen LogP contribution < -0.4 is 0 Å². The lowest BCUT2D eigenvalue weighted by Gasteiger charge is -2.09. The van der Waals surface area contributed by atoms with E-state index < -0.39 is 15.9 Å². The third-order valence-electron chi connectivity index (χ3n) is 3.00. The normalized spacial score (nSPS) is 11.6. The molecule has 0 saturated carbocycles. The van der Waals surface area contributed by atoms with E-state index in [1.54, 1.807) is 7.05 Å². The van der Waals surface area contributed by atoms with Crippen LogP contribution in [0.1, 0.15) is 15.9 Å². The summed E-state index contributed by atoms with van der Waals surface area (Å²) in [6, 6.07) is 3.70. The molecule has 1 heterocycles. The monoisotopic (exact) mass is 312 g/mol. The van der Waals surface area contributed by atoms with Crippen molar-refractivity contribution >= 4 is 16.4 Å². The molecule has 0 aliphatic heterocycles. The molecule has 0 atom stereocenters. The lowest BCUT2D eigenvalue weighted by atomic mass is 10.0. The second kappa shape index (κ2) is 5.74. The largest absolute Gasteiger partial charge is 0.298 e. The maximum atomic E-state index is 13.2. The Bertz CT molecular complexity index is 783. The molecular weight excluding hydrogens is 299 g/mol. The molecule has 1 aromatic carbocycles. The van der Waals surface area contributed by atoms with Crippen LogP contribution in [0.2, 0.25) is 0 Å². The Kier molecular flexibility index (Phi) is 4.19. The Morgan fingerprint density at radius 2 is 2.14 bits per heavy atom. The lowest BCUT2D eigenvalue weighted by Crippen LogP contribution is -2.07. The van der Waals surface area contributed by atoms with Crippen LogP contribution in [0.3, 0.4) is 0 Å². The zero-order valence-electron chi connectivity index (χ0n) is 11.4. The number of aldehydes is 1. The van der Waals surface area contributed by atoms with Gasteiger partial charge in [0.2, 0.25) is 0 Å². The number of carbonyl (C=O) groups excluding carboxylic acids is 1. The highest BCUT2D eigenvalue weighted by Gasteiger charge is 2.20. The number of halogens is 1. The maximum absolute atomic E-state index is 13.2. The van der Waals surface area contributed by atoms with Crippen LogP contribution in [-0.4, -0.2) is 31.6 Å². The number of benzene rings is 1. The van der Waals surface area contributed by atoms with E-state index in [0.717, 1.165) is 13.2 Å². The summed E-state index contributed by atoms with van der Waals surface area (Å²) in [4.78, 5) is 11.1. The fraction of sp³-hybridized carbons (Fsp3) is 0.231. The molecule has 0 aliphatic carbocycles. The predicted octanol–water partition coefficient (Wildman–Crippen LogP) is 1.51. The van der Waals surface area contributed by atoms with Crippen molar-refractivity contribution in [1.82, 2.24) is 9.78 Å². The van der Waals surface area contributed by atoms with Crippen LogP contribution >= 0.6 is 0 Å². The predicted molar refractivity (Wildman–Crippen MR) is 73.6 cm³/mol. The number of aromatic nitrogens is 2. The molecule has 2 rings (SSSR count). The zero-order chi connectivity index (χ0) is 15.6. The first-order chi connectivity index (χ1) is 9.88. The number of aryl methyl sites for hydroxylation is 1. The average Bonchev–Trinajstić information content (AvgIpc) is 2.79. The molecule has 0 N–H and O–H groups in total.